The fourth-order valence-corrected chi connectivity index (χ4v) is 4.19. The number of ether oxygens (including phenoxy) is 1. The Balaban J connectivity index is 2.25. The Hall–Kier alpha value is -1.49. The summed E-state index contributed by atoms with van der Waals surface area (Å²) in [5, 5.41) is 21.7. The maximum atomic E-state index is 10.9. The van der Waals surface area contributed by atoms with Gasteiger partial charge in [0.15, 0.2) is 0 Å². The third-order valence-corrected chi connectivity index (χ3v) is 6.13. The van der Waals surface area contributed by atoms with Gasteiger partial charge in [-0.2, -0.15) is 0 Å². The molecule has 0 bridgehead atoms. The van der Waals surface area contributed by atoms with Crippen molar-refractivity contribution in [2.24, 2.45) is 0 Å². The molecule has 26 heavy (non-hydrogen) atoms. The average molecular weight is 375 g/mol. The first kappa shape index (κ1) is 20.8. The van der Waals surface area contributed by atoms with Crippen molar-refractivity contribution >= 4 is 11.8 Å². The molecule has 0 heterocycles. The van der Waals surface area contributed by atoms with E-state index in [9.17, 15) is 10.2 Å². The summed E-state index contributed by atoms with van der Waals surface area (Å²) in [7, 11) is 1.64. The van der Waals surface area contributed by atoms with Crippen LogP contribution >= 0.6 is 11.8 Å². The van der Waals surface area contributed by atoms with E-state index in [0.717, 1.165) is 47.5 Å². The zero-order valence-corrected chi connectivity index (χ0v) is 16.8. The number of unbranched alkanes of at least 4 members (excludes halogenated alkanes) is 1. The van der Waals surface area contributed by atoms with Crippen molar-refractivity contribution in [3.05, 3.63) is 59.7 Å². The van der Waals surface area contributed by atoms with Crippen LogP contribution in [0, 0.1) is 0 Å². The van der Waals surface area contributed by atoms with Crippen molar-refractivity contribution in [1.29, 1.82) is 0 Å². The van der Waals surface area contributed by atoms with Gasteiger partial charge in [-0.25, -0.2) is 0 Å². The quantitative estimate of drug-likeness (QED) is 0.561. The smallest absolute Gasteiger partial charge is 0.120 e. The maximum absolute atomic E-state index is 10.9. The van der Waals surface area contributed by atoms with Gasteiger partial charge < -0.3 is 14.9 Å². The Kier molecular flexibility index (Phi) is 8.01. The second-order valence-electron chi connectivity index (χ2n) is 6.69. The van der Waals surface area contributed by atoms with Gasteiger partial charge in [0.2, 0.25) is 0 Å². The van der Waals surface area contributed by atoms with E-state index in [-0.39, 0.29) is 0 Å². The lowest BCUT2D eigenvalue weighted by molar-refractivity contribution is 0.0497. The molecular weight excluding hydrogens is 344 g/mol. The van der Waals surface area contributed by atoms with E-state index in [4.69, 9.17) is 4.74 Å². The zero-order valence-electron chi connectivity index (χ0n) is 15.9. The fraction of sp³-hybridized carbons (Fsp3) is 0.455. The molecule has 2 atom stereocenters. The third-order valence-electron chi connectivity index (χ3n) is 4.78. The summed E-state index contributed by atoms with van der Waals surface area (Å²) >= 11 is 1.59. The second kappa shape index (κ2) is 10.0. The summed E-state index contributed by atoms with van der Waals surface area (Å²) in [6, 6.07) is 15.4. The molecule has 0 saturated heterocycles. The third kappa shape index (κ3) is 5.50. The van der Waals surface area contributed by atoms with Crippen molar-refractivity contribution in [3.63, 3.8) is 0 Å². The number of methoxy groups -OCH3 is 1. The van der Waals surface area contributed by atoms with Crippen LogP contribution in [0.4, 0.5) is 0 Å². The number of thioether (sulfide) groups is 1. The molecule has 0 spiro atoms. The van der Waals surface area contributed by atoms with Crippen molar-refractivity contribution in [2.75, 3.05) is 12.9 Å². The van der Waals surface area contributed by atoms with E-state index in [1.54, 1.807) is 18.9 Å². The van der Waals surface area contributed by atoms with E-state index in [1.807, 2.05) is 55.5 Å². The van der Waals surface area contributed by atoms with Gasteiger partial charge in [0.25, 0.3) is 0 Å². The minimum Gasteiger partial charge on any atom is -0.497 e. The summed E-state index contributed by atoms with van der Waals surface area (Å²) in [6.45, 7) is 4.17. The summed E-state index contributed by atoms with van der Waals surface area (Å²) in [6.07, 6.45) is 2.91. The van der Waals surface area contributed by atoms with Crippen LogP contribution in [0.3, 0.4) is 0 Å². The fourth-order valence-electron chi connectivity index (χ4n) is 2.88. The molecule has 0 aliphatic carbocycles. The van der Waals surface area contributed by atoms with Crippen molar-refractivity contribution in [1.82, 2.24) is 0 Å². The molecule has 0 radical (unpaired) electrons. The molecule has 0 aromatic heterocycles. The molecule has 4 heteroatoms. The van der Waals surface area contributed by atoms with Crippen LogP contribution < -0.4 is 4.74 Å². The van der Waals surface area contributed by atoms with Gasteiger partial charge >= 0.3 is 0 Å². The maximum Gasteiger partial charge on any atom is 0.120 e. The van der Waals surface area contributed by atoms with Gasteiger partial charge in [-0.15, -0.1) is 11.8 Å². The van der Waals surface area contributed by atoms with Gasteiger partial charge in [0.05, 0.1) is 12.7 Å². The molecule has 2 N–H and O–H groups in total. The van der Waals surface area contributed by atoms with E-state index < -0.39 is 11.7 Å². The molecule has 3 nitrogen and oxygen atoms in total. The van der Waals surface area contributed by atoms with Crippen LogP contribution in [0.25, 0.3) is 0 Å². The summed E-state index contributed by atoms with van der Waals surface area (Å²) in [5.41, 5.74) is 1.02. The number of benzene rings is 2. The standard InChI is InChI=1S/C22H30O3S/c1-4-6-14-22(24,5-2)16-26-20-15-18(25-3)12-13-19(20)21(23)17-10-8-7-9-11-17/h7-13,15,21,23-24H,4-6,14,16H2,1-3H3. The molecule has 2 aromatic carbocycles. The highest BCUT2D eigenvalue weighted by Crippen LogP contribution is 2.36. The second-order valence-corrected chi connectivity index (χ2v) is 7.70. The molecule has 2 rings (SSSR count). The highest BCUT2D eigenvalue weighted by molar-refractivity contribution is 7.99. The highest BCUT2D eigenvalue weighted by Gasteiger charge is 2.25. The lowest BCUT2D eigenvalue weighted by Gasteiger charge is -2.27. The molecule has 0 saturated carbocycles. The lowest BCUT2D eigenvalue weighted by atomic mass is 9.96. The lowest BCUT2D eigenvalue weighted by Crippen LogP contribution is -2.30. The topological polar surface area (TPSA) is 49.7 Å². The molecule has 0 aliphatic rings. The van der Waals surface area contributed by atoms with E-state index in [2.05, 4.69) is 6.92 Å². The molecular formula is C22H30O3S. The minimum absolute atomic E-state index is 0.602. The Morgan fingerprint density at radius 3 is 2.46 bits per heavy atom. The van der Waals surface area contributed by atoms with Crippen molar-refractivity contribution < 1.29 is 14.9 Å². The van der Waals surface area contributed by atoms with Crippen LogP contribution in [0.15, 0.2) is 53.4 Å². The van der Waals surface area contributed by atoms with E-state index in [0.29, 0.717) is 5.75 Å². The number of hydrogen-bond acceptors (Lipinski definition) is 4. The normalized spacial score (nSPS) is 14.7. The number of aliphatic hydroxyl groups is 2. The monoisotopic (exact) mass is 374 g/mol. The van der Waals surface area contributed by atoms with Crippen molar-refractivity contribution in [2.45, 2.75) is 56.1 Å². The SMILES string of the molecule is CCCCC(O)(CC)CSc1cc(OC)ccc1C(O)c1ccccc1. The Morgan fingerprint density at radius 1 is 1.12 bits per heavy atom. The first-order valence-electron chi connectivity index (χ1n) is 9.29. The Morgan fingerprint density at radius 2 is 1.85 bits per heavy atom. The van der Waals surface area contributed by atoms with Gasteiger partial charge in [-0.3, -0.25) is 0 Å². The molecule has 0 aliphatic heterocycles. The van der Waals surface area contributed by atoms with E-state index in [1.165, 1.54) is 0 Å². The number of aliphatic hydroxyl groups excluding tert-OH is 1. The van der Waals surface area contributed by atoms with E-state index >= 15 is 0 Å². The van der Waals surface area contributed by atoms with Crippen LogP contribution in [0.5, 0.6) is 5.75 Å². The Bertz CT molecular complexity index is 674. The molecule has 2 aromatic rings. The molecule has 0 fully saturated rings. The largest absolute Gasteiger partial charge is 0.497 e. The first-order valence-corrected chi connectivity index (χ1v) is 10.3. The minimum atomic E-state index is -0.699. The predicted molar refractivity (Wildman–Crippen MR) is 109 cm³/mol. The molecule has 2 unspecified atom stereocenters. The highest BCUT2D eigenvalue weighted by atomic mass is 32.2. The van der Waals surface area contributed by atoms with Crippen LogP contribution in [0.2, 0.25) is 0 Å². The average Bonchev–Trinajstić information content (AvgIpc) is 2.70. The summed E-state index contributed by atoms with van der Waals surface area (Å²) < 4.78 is 5.36. The van der Waals surface area contributed by atoms with Gasteiger partial charge in [-0.1, -0.05) is 63.1 Å². The Labute approximate surface area is 161 Å². The van der Waals surface area contributed by atoms with Gasteiger partial charge in [0, 0.05) is 10.6 Å². The molecule has 142 valence electrons. The number of rotatable bonds is 10. The van der Waals surface area contributed by atoms with Crippen LogP contribution in [-0.2, 0) is 0 Å². The summed E-state index contributed by atoms with van der Waals surface area (Å²) in [5.74, 6) is 1.36. The zero-order chi connectivity index (χ0) is 19.0. The van der Waals surface area contributed by atoms with Crippen LogP contribution in [0.1, 0.15) is 56.8 Å². The van der Waals surface area contributed by atoms with Crippen LogP contribution in [-0.4, -0.2) is 28.7 Å². The predicted octanol–water partition coefficient (Wildman–Crippen LogP) is 5.20. The van der Waals surface area contributed by atoms with Gasteiger partial charge in [0.1, 0.15) is 11.9 Å². The number of hydrogen-bond donors (Lipinski definition) is 2. The molecule has 0 amide bonds. The first-order chi connectivity index (χ1) is 12.5. The van der Waals surface area contributed by atoms with Gasteiger partial charge in [-0.05, 0) is 36.1 Å². The summed E-state index contributed by atoms with van der Waals surface area (Å²) in [4.78, 5) is 0.948. The van der Waals surface area contributed by atoms with Crippen molar-refractivity contribution in [3.8, 4) is 5.75 Å².